The van der Waals surface area contributed by atoms with Crippen LogP contribution in [0.15, 0.2) is 12.3 Å². The van der Waals surface area contributed by atoms with Gasteiger partial charge < -0.3 is 5.11 Å². The van der Waals surface area contributed by atoms with Gasteiger partial charge in [-0.1, -0.05) is 6.92 Å². The average molecular weight is 319 g/mol. The highest BCUT2D eigenvalue weighted by Gasteiger charge is 2.24. The van der Waals surface area contributed by atoms with Gasteiger partial charge in [-0.2, -0.15) is 5.10 Å². The molecular weight excluding hydrogens is 294 g/mol. The van der Waals surface area contributed by atoms with Crippen molar-refractivity contribution in [2.75, 3.05) is 19.7 Å². The fourth-order valence-electron chi connectivity index (χ4n) is 3.28. The topological polar surface area (TPSA) is 84.9 Å². The number of aliphatic hydroxyl groups is 1. The first-order valence-corrected chi connectivity index (χ1v) is 8.41. The molecule has 0 amide bonds. The summed E-state index contributed by atoms with van der Waals surface area (Å²) in [7, 11) is 0. The minimum absolute atomic E-state index is 0.133. The second-order valence-electron chi connectivity index (χ2n) is 6.07. The van der Waals surface area contributed by atoms with Gasteiger partial charge in [-0.3, -0.25) is 9.58 Å². The predicted molar refractivity (Wildman–Crippen MR) is 84.7 cm³/mol. The molecule has 23 heavy (non-hydrogen) atoms. The maximum absolute atomic E-state index is 9.13. The van der Waals surface area contributed by atoms with Crippen molar-refractivity contribution >= 4 is 0 Å². The van der Waals surface area contributed by atoms with Crippen LogP contribution in [0.4, 0.5) is 0 Å². The molecule has 2 aromatic rings. The summed E-state index contributed by atoms with van der Waals surface area (Å²) in [6.07, 6.45) is 5.07. The van der Waals surface area contributed by atoms with Gasteiger partial charge >= 0.3 is 0 Å². The van der Waals surface area contributed by atoms with E-state index in [-0.39, 0.29) is 6.61 Å². The Bertz CT molecular complexity index is 600. The molecule has 0 aromatic carbocycles. The van der Waals surface area contributed by atoms with Crippen LogP contribution in [0.1, 0.15) is 43.6 Å². The molecule has 0 atom stereocenters. The number of piperidine rings is 1. The van der Waals surface area contributed by atoms with E-state index in [9.17, 15) is 0 Å². The normalized spacial score (nSPS) is 17.0. The lowest BCUT2D eigenvalue weighted by atomic mass is 9.93. The van der Waals surface area contributed by atoms with E-state index in [0.717, 1.165) is 51.3 Å². The zero-order chi connectivity index (χ0) is 16.1. The van der Waals surface area contributed by atoms with Gasteiger partial charge in [-0.05, 0) is 48.8 Å². The maximum Gasteiger partial charge on any atom is 0.165 e. The SMILES string of the molecule is CCCn1nnnc1CN1CCC(c2ccnn2CCO)CC1. The Morgan fingerprint density at radius 1 is 1.22 bits per heavy atom. The van der Waals surface area contributed by atoms with Gasteiger partial charge in [0.15, 0.2) is 5.82 Å². The van der Waals surface area contributed by atoms with Gasteiger partial charge in [0, 0.05) is 24.4 Å². The van der Waals surface area contributed by atoms with Crippen LogP contribution in [0, 0.1) is 0 Å². The quantitative estimate of drug-likeness (QED) is 0.806. The van der Waals surface area contributed by atoms with E-state index in [2.05, 4.69) is 38.5 Å². The molecule has 0 radical (unpaired) electrons. The van der Waals surface area contributed by atoms with Gasteiger partial charge in [-0.25, -0.2) is 4.68 Å². The molecule has 0 saturated carbocycles. The Balaban J connectivity index is 1.56. The highest BCUT2D eigenvalue weighted by Crippen LogP contribution is 2.28. The summed E-state index contributed by atoms with van der Waals surface area (Å²) < 4.78 is 3.84. The number of aromatic nitrogens is 6. The Kier molecular flexibility index (Phi) is 5.35. The standard InChI is InChI=1S/C15H25N7O/c1-2-7-22-15(17-18-19-22)12-20-8-4-13(5-9-20)14-3-6-16-21(14)10-11-23/h3,6,13,23H,2,4-5,7-12H2,1H3. The van der Waals surface area contributed by atoms with Crippen LogP contribution >= 0.6 is 0 Å². The van der Waals surface area contributed by atoms with Crippen LogP contribution in [-0.2, 0) is 19.6 Å². The number of aryl methyl sites for hydroxylation is 1. The van der Waals surface area contributed by atoms with E-state index in [4.69, 9.17) is 5.11 Å². The van der Waals surface area contributed by atoms with E-state index in [1.54, 1.807) is 0 Å². The molecule has 1 aliphatic rings. The zero-order valence-corrected chi connectivity index (χ0v) is 13.7. The minimum Gasteiger partial charge on any atom is -0.394 e. The second-order valence-corrected chi connectivity index (χ2v) is 6.07. The largest absolute Gasteiger partial charge is 0.394 e. The van der Waals surface area contributed by atoms with Gasteiger partial charge in [0.25, 0.3) is 0 Å². The first kappa shape index (κ1) is 16.1. The van der Waals surface area contributed by atoms with Crippen LogP contribution in [0.2, 0.25) is 0 Å². The van der Waals surface area contributed by atoms with Gasteiger partial charge in [0.05, 0.1) is 19.7 Å². The van der Waals surface area contributed by atoms with E-state index < -0.39 is 0 Å². The second kappa shape index (κ2) is 7.65. The monoisotopic (exact) mass is 319 g/mol. The lowest BCUT2D eigenvalue weighted by Crippen LogP contribution is -2.34. The molecule has 8 nitrogen and oxygen atoms in total. The summed E-state index contributed by atoms with van der Waals surface area (Å²) in [5, 5.41) is 25.4. The predicted octanol–water partition coefficient (Wildman–Crippen LogP) is 0.651. The molecule has 0 aliphatic carbocycles. The molecule has 0 unspecified atom stereocenters. The molecule has 0 spiro atoms. The highest BCUT2D eigenvalue weighted by atomic mass is 16.3. The van der Waals surface area contributed by atoms with E-state index in [1.807, 2.05) is 15.6 Å². The summed E-state index contributed by atoms with van der Waals surface area (Å²) >= 11 is 0. The molecule has 126 valence electrons. The molecule has 1 N–H and O–H groups in total. The molecule has 1 saturated heterocycles. The van der Waals surface area contributed by atoms with E-state index in [1.165, 1.54) is 5.69 Å². The Labute approximate surface area is 136 Å². The number of hydrogen-bond acceptors (Lipinski definition) is 6. The van der Waals surface area contributed by atoms with E-state index >= 15 is 0 Å². The van der Waals surface area contributed by atoms with Crippen LogP contribution < -0.4 is 0 Å². The summed E-state index contributed by atoms with van der Waals surface area (Å²) in [6, 6.07) is 2.08. The number of tetrazole rings is 1. The Hall–Kier alpha value is -1.80. The van der Waals surface area contributed by atoms with E-state index in [0.29, 0.717) is 12.5 Å². The molecule has 1 fully saturated rings. The molecule has 3 heterocycles. The van der Waals surface area contributed by atoms with Gasteiger partial charge in [0.2, 0.25) is 0 Å². The van der Waals surface area contributed by atoms with Crippen molar-refractivity contribution in [2.24, 2.45) is 0 Å². The summed E-state index contributed by atoms with van der Waals surface area (Å²) in [5.41, 5.74) is 1.24. The smallest absolute Gasteiger partial charge is 0.165 e. The molecule has 2 aromatic heterocycles. The van der Waals surface area contributed by atoms with Crippen molar-refractivity contribution in [3.8, 4) is 0 Å². The lowest BCUT2D eigenvalue weighted by Gasteiger charge is -2.31. The number of nitrogens with zero attached hydrogens (tertiary/aromatic N) is 7. The third kappa shape index (κ3) is 3.76. The van der Waals surface area contributed by atoms with Crippen LogP contribution in [0.5, 0.6) is 0 Å². The Morgan fingerprint density at radius 3 is 2.78 bits per heavy atom. The number of likely N-dealkylation sites (tertiary alicyclic amines) is 1. The fraction of sp³-hybridized carbons (Fsp3) is 0.733. The number of rotatable bonds is 7. The molecule has 1 aliphatic heterocycles. The van der Waals surface area contributed by atoms with Crippen molar-refractivity contribution in [3.63, 3.8) is 0 Å². The third-order valence-corrected chi connectivity index (χ3v) is 4.47. The van der Waals surface area contributed by atoms with Gasteiger partial charge in [-0.15, -0.1) is 5.10 Å². The van der Waals surface area contributed by atoms with Crippen molar-refractivity contribution < 1.29 is 5.11 Å². The summed E-state index contributed by atoms with van der Waals surface area (Å²) in [5.74, 6) is 1.47. The van der Waals surface area contributed by atoms with Crippen LogP contribution in [-0.4, -0.2) is 59.7 Å². The third-order valence-electron chi connectivity index (χ3n) is 4.47. The molecule has 3 rings (SSSR count). The van der Waals surface area contributed by atoms with Gasteiger partial charge in [0.1, 0.15) is 0 Å². The zero-order valence-electron chi connectivity index (χ0n) is 13.7. The molecular formula is C15H25N7O. The van der Waals surface area contributed by atoms with Crippen LogP contribution in [0.3, 0.4) is 0 Å². The minimum atomic E-state index is 0.133. The summed E-state index contributed by atoms with van der Waals surface area (Å²) in [4.78, 5) is 2.42. The number of hydrogen-bond donors (Lipinski definition) is 1. The molecule has 8 heteroatoms. The Morgan fingerprint density at radius 2 is 2.04 bits per heavy atom. The van der Waals surface area contributed by atoms with Crippen molar-refractivity contribution in [2.45, 2.75) is 51.7 Å². The van der Waals surface area contributed by atoms with Crippen molar-refractivity contribution in [3.05, 3.63) is 23.8 Å². The first-order valence-electron chi connectivity index (χ1n) is 8.41. The molecule has 0 bridgehead atoms. The maximum atomic E-state index is 9.13. The lowest BCUT2D eigenvalue weighted by molar-refractivity contribution is 0.191. The number of aliphatic hydroxyl groups excluding tert-OH is 1. The van der Waals surface area contributed by atoms with Crippen LogP contribution in [0.25, 0.3) is 0 Å². The van der Waals surface area contributed by atoms with Crippen molar-refractivity contribution in [1.29, 1.82) is 0 Å². The fourth-order valence-corrected chi connectivity index (χ4v) is 3.28. The highest BCUT2D eigenvalue weighted by molar-refractivity contribution is 5.09. The first-order chi connectivity index (χ1) is 11.3. The van der Waals surface area contributed by atoms with Crippen molar-refractivity contribution in [1.82, 2.24) is 34.9 Å². The average Bonchev–Trinajstić information content (AvgIpc) is 3.19. The summed E-state index contributed by atoms with van der Waals surface area (Å²) in [6.45, 7) is 6.60.